The lowest BCUT2D eigenvalue weighted by molar-refractivity contribution is 0.427. The van der Waals surface area contributed by atoms with Crippen LogP contribution in [-0.2, 0) is 12.8 Å². The van der Waals surface area contributed by atoms with Gasteiger partial charge in [-0.05, 0) is 74.6 Å². The van der Waals surface area contributed by atoms with E-state index in [1.165, 1.54) is 21.4 Å². The quantitative estimate of drug-likeness (QED) is 0.295. The van der Waals surface area contributed by atoms with E-state index in [1.54, 1.807) is 35.6 Å². The zero-order chi connectivity index (χ0) is 22.5. The minimum absolute atomic E-state index is 0.183. The number of nitrogens with zero attached hydrogens (tertiary/aromatic N) is 3. The largest absolute Gasteiger partial charge is 0.425 e. The average molecular weight is 474 g/mol. The molecule has 0 radical (unpaired) electrons. The van der Waals surface area contributed by atoms with Gasteiger partial charge in [0.05, 0.1) is 22.3 Å². The molecule has 0 bridgehead atoms. The molecule has 1 aliphatic rings. The molecule has 2 aromatic carbocycles. The van der Waals surface area contributed by atoms with Gasteiger partial charge in [0, 0.05) is 15.3 Å². The number of para-hydroxylation sites is 1. The molecule has 0 atom stereocenters. The molecule has 3 heterocycles. The number of aromatic nitrogens is 3. The Hall–Kier alpha value is -3.22. The summed E-state index contributed by atoms with van der Waals surface area (Å²) in [4.78, 5) is 26.1. The third-order valence-electron chi connectivity index (χ3n) is 6.11. The van der Waals surface area contributed by atoms with Crippen LogP contribution in [0.15, 0.2) is 59.4 Å². The summed E-state index contributed by atoms with van der Waals surface area (Å²) in [6.07, 6.45) is 4.39. The number of hydrogen-bond acceptors (Lipinski definition) is 5. The third-order valence-corrected chi connectivity index (χ3v) is 7.55. The molecule has 5 nitrogen and oxygen atoms in total. The molecule has 5 aromatic rings. The van der Waals surface area contributed by atoms with Crippen LogP contribution in [-0.4, -0.2) is 14.5 Å². The van der Waals surface area contributed by atoms with Gasteiger partial charge in [-0.25, -0.2) is 9.55 Å². The summed E-state index contributed by atoms with van der Waals surface area (Å²) >= 11 is 7.78. The van der Waals surface area contributed by atoms with Crippen LogP contribution in [0.5, 0.6) is 11.8 Å². The number of thiophene rings is 1. The molecular formula is C26H20ClN3O2S. The van der Waals surface area contributed by atoms with Gasteiger partial charge in [-0.2, -0.15) is 4.98 Å². The summed E-state index contributed by atoms with van der Waals surface area (Å²) in [5, 5.41) is 2.16. The summed E-state index contributed by atoms with van der Waals surface area (Å²) < 4.78 is 7.72. The monoisotopic (exact) mass is 473 g/mol. The topological polar surface area (TPSA) is 57.0 Å². The highest BCUT2D eigenvalue weighted by Gasteiger charge is 2.24. The highest BCUT2D eigenvalue weighted by molar-refractivity contribution is 7.19. The third kappa shape index (κ3) is 3.41. The lowest BCUT2D eigenvalue weighted by Crippen LogP contribution is -2.22. The van der Waals surface area contributed by atoms with Crippen molar-refractivity contribution in [1.29, 1.82) is 0 Å². The van der Waals surface area contributed by atoms with E-state index in [9.17, 15) is 4.79 Å². The molecule has 0 fully saturated rings. The van der Waals surface area contributed by atoms with Crippen LogP contribution < -0.4 is 10.3 Å². The molecule has 0 aliphatic heterocycles. The maximum Gasteiger partial charge on any atom is 0.310 e. The van der Waals surface area contributed by atoms with Gasteiger partial charge in [-0.1, -0.05) is 29.8 Å². The molecule has 0 unspecified atom stereocenters. The molecule has 0 saturated carbocycles. The van der Waals surface area contributed by atoms with Crippen molar-refractivity contribution in [2.45, 2.75) is 32.6 Å². The van der Waals surface area contributed by atoms with Crippen molar-refractivity contribution in [2.75, 3.05) is 0 Å². The number of aryl methyl sites for hydroxylation is 3. The molecule has 0 N–H and O–H groups in total. The SMILES string of the molecule is Cc1nc2sc3c(c2c2nc(Oc4ccc(Cl)cc4)n(-c4ccccc4)c(=O)c12)CCCC3. The number of benzene rings is 2. The van der Waals surface area contributed by atoms with Crippen molar-refractivity contribution in [3.05, 3.63) is 86.1 Å². The van der Waals surface area contributed by atoms with Crippen LogP contribution in [0, 0.1) is 6.92 Å². The smallest absolute Gasteiger partial charge is 0.310 e. The number of fused-ring (bicyclic) bond motifs is 5. The molecule has 33 heavy (non-hydrogen) atoms. The van der Waals surface area contributed by atoms with E-state index >= 15 is 0 Å². The highest BCUT2D eigenvalue weighted by Crippen LogP contribution is 2.39. The predicted molar refractivity (Wildman–Crippen MR) is 133 cm³/mol. The second-order valence-electron chi connectivity index (χ2n) is 8.24. The minimum Gasteiger partial charge on any atom is -0.425 e. The van der Waals surface area contributed by atoms with Crippen LogP contribution in [0.4, 0.5) is 0 Å². The Labute approximate surface area is 199 Å². The Kier molecular flexibility index (Phi) is 4.93. The van der Waals surface area contributed by atoms with Gasteiger partial charge >= 0.3 is 6.01 Å². The molecule has 0 amide bonds. The van der Waals surface area contributed by atoms with Crippen molar-refractivity contribution in [3.63, 3.8) is 0 Å². The summed E-state index contributed by atoms with van der Waals surface area (Å²) in [6, 6.07) is 16.7. The van der Waals surface area contributed by atoms with Crippen molar-refractivity contribution in [1.82, 2.24) is 14.5 Å². The van der Waals surface area contributed by atoms with Gasteiger partial charge < -0.3 is 4.74 Å². The van der Waals surface area contributed by atoms with Crippen LogP contribution in [0.1, 0.15) is 29.0 Å². The first-order valence-corrected chi connectivity index (χ1v) is 12.2. The Morgan fingerprint density at radius 1 is 0.970 bits per heavy atom. The van der Waals surface area contributed by atoms with Gasteiger partial charge in [0.15, 0.2) is 0 Å². The predicted octanol–water partition coefficient (Wildman–Crippen LogP) is 6.63. The van der Waals surface area contributed by atoms with Gasteiger partial charge in [0.1, 0.15) is 10.6 Å². The summed E-state index contributed by atoms with van der Waals surface area (Å²) in [7, 11) is 0. The van der Waals surface area contributed by atoms with E-state index in [1.807, 2.05) is 37.3 Å². The molecule has 0 spiro atoms. The van der Waals surface area contributed by atoms with E-state index in [0.29, 0.717) is 33.1 Å². The van der Waals surface area contributed by atoms with Crippen molar-refractivity contribution >= 4 is 44.1 Å². The van der Waals surface area contributed by atoms with Crippen LogP contribution in [0.3, 0.4) is 0 Å². The Balaban J connectivity index is 1.70. The lowest BCUT2D eigenvalue weighted by Gasteiger charge is -2.16. The van der Waals surface area contributed by atoms with Crippen molar-refractivity contribution in [2.24, 2.45) is 0 Å². The number of hydrogen-bond donors (Lipinski definition) is 0. The summed E-state index contributed by atoms with van der Waals surface area (Å²) in [6.45, 7) is 1.89. The standard InChI is InChI=1S/C26H20ClN3O2S/c1-15-21-23(22-19-9-5-6-10-20(19)33-24(22)28-15)29-26(32-18-13-11-16(27)12-14-18)30(25(21)31)17-7-3-2-4-8-17/h2-4,7-8,11-14H,5-6,9-10H2,1H3. The van der Waals surface area contributed by atoms with Crippen molar-refractivity contribution in [3.8, 4) is 17.4 Å². The Morgan fingerprint density at radius 2 is 1.73 bits per heavy atom. The number of rotatable bonds is 3. The second kappa shape index (κ2) is 7.97. The fraction of sp³-hybridized carbons (Fsp3) is 0.192. The Bertz CT molecular complexity index is 1570. The van der Waals surface area contributed by atoms with E-state index < -0.39 is 0 Å². The maximum atomic E-state index is 13.9. The van der Waals surface area contributed by atoms with E-state index in [0.717, 1.165) is 29.5 Å². The van der Waals surface area contributed by atoms with Crippen LogP contribution in [0.2, 0.25) is 5.02 Å². The number of ether oxygens (including phenoxy) is 1. The molecule has 0 saturated heterocycles. The molecule has 164 valence electrons. The van der Waals surface area contributed by atoms with Gasteiger partial charge in [0.2, 0.25) is 0 Å². The Morgan fingerprint density at radius 3 is 2.52 bits per heavy atom. The van der Waals surface area contributed by atoms with Gasteiger partial charge in [-0.15, -0.1) is 11.3 Å². The molecule has 3 aromatic heterocycles. The average Bonchev–Trinajstić information content (AvgIpc) is 3.19. The lowest BCUT2D eigenvalue weighted by atomic mass is 9.96. The summed E-state index contributed by atoms with van der Waals surface area (Å²) in [5.74, 6) is 0.560. The minimum atomic E-state index is -0.183. The fourth-order valence-electron chi connectivity index (χ4n) is 4.57. The van der Waals surface area contributed by atoms with Crippen LogP contribution in [0.25, 0.3) is 26.8 Å². The summed E-state index contributed by atoms with van der Waals surface area (Å²) in [5.41, 5.74) is 3.17. The molecule has 1 aliphatic carbocycles. The fourth-order valence-corrected chi connectivity index (χ4v) is 6.01. The number of pyridine rings is 1. The molecule has 6 rings (SSSR count). The first-order chi connectivity index (χ1) is 16.1. The normalized spacial score (nSPS) is 13.4. The van der Waals surface area contributed by atoms with E-state index in [4.69, 9.17) is 26.3 Å². The van der Waals surface area contributed by atoms with E-state index in [-0.39, 0.29) is 11.6 Å². The van der Waals surface area contributed by atoms with Gasteiger partial charge in [0.25, 0.3) is 5.56 Å². The maximum absolute atomic E-state index is 13.9. The highest BCUT2D eigenvalue weighted by atomic mass is 35.5. The van der Waals surface area contributed by atoms with Crippen molar-refractivity contribution < 1.29 is 4.74 Å². The second-order valence-corrected chi connectivity index (χ2v) is 9.76. The molecular weight excluding hydrogens is 454 g/mol. The van der Waals surface area contributed by atoms with Crippen LogP contribution >= 0.6 is 22.9 Å². The zero-order valence-electron chi connectivity index (χ0n) is 18.0. The number of halogens is 1. The zero-order valence-corrected chi connectivity index (χ0v) is 19.5. The van der Waals surface area contributed by atoms with E-state index in [2.05, 4.69) is 0 Å². The first kappa shape index (κ1) is 20.4. The first-order valence-electron chi connectivity index (χ1n) is 11.0. The molecule has 7 heteroatoms. The van der Waals surface area contributed by atoms with Gasteiger partial charge in [-0.3, -0.25) is 4.79 Å².